The van der Waals surface area contributed by atoms with Gasteiger partial charge in [-0.3, -0.25) is 4.68 Å². The maximum Gasteiger partial charge on any atom is 0.159 e. The van der Waals surface area contributed by atoms with Crippen LogP contribution < -0.4 is 5.32 Å². The SMILES string of the molecule is CCCn1cc(C(Cc2ccc(F)c(F)c2)NCC)cn1. The summed E-state index contributed by atoms with van der Waals surface area (Å²) in [6.07, 6.45) is 5.47. The summed E-state index contributed by atoms with van der Waals surface area (Å²) in [6, 6.07) is 4.11. The third-order valence-corrected chi connectivity index (χ3v) is 3.38. The number of likely N-dealkylation sites (N-methyl/N-ethyl adjacent to an activating group) is 1. The van der Waals surface area contributed by atoms with E-state index in [1.165, 1.54) is 12.1 Å². The van der Waals surface area contributed by atoms with Crippen molar-refractivity contribution in [1.29, 1.82) is 0 Å². The van der Waals surface area contributed by atoms with Crippen LogP contribution in [0.3, 0.4) is 0 Å². The largest absolute Gasteiger partial charge is 0.310 e. The lowest BCUT2D eigenvalue weighted by Gasteiger charge is -2.16. The summed E-state index contributed by atoms with van der Waals surface area (Å²) in [5.41, 5.74) is 1.83. The Hall–Kier alpha value is -1.75. The molecule has 0 fully saturated rings. The molecule has 0 radical (unpaired) electrons. The predicted molar refractivity (Wildman–Crippen MR) is 79.0 cm³/mol. The van der Waals surface area contributed by atoms with Gasteiger partial charge in [-0.25, -0.2) is 8.78 Å². The average Bonchev–Trinajstić information content (AvgIpc) is 2.91. The second-order valence-electron chi connectivity index (χ2n) is 5.10. The molecule has 0 aliphatic carbocycles. The van der Waals surface area contributed by atoms with Crippen molar-refractivity contribution in [2.45, 2.75) is 39.3 Å². The third-order valence-electron chi connectivity index (χ3n) is 3.38. The van der Waals surface area contributed by atoms with E-state index in [-0.39, 0.29) is 6.04 Å². The highest BCUT2D eigenvalue weighted by atomic mass is 19.2. The van der Waals surface area contributed by atoms with Crippen molar-refractivity contribution in [2.75, 3.05) is 6.54 Å². The van der Waals surface area contributed by atoms with Gasteiger partial charge in [0.25, 0.3) is 0 Å². The first-order valence-electron chi connectivity index (χ1n) is 7.33. The molecular weight excluding hydrogens is 272 g/mol. The molecule has 21 heavy (non-hydrogen) atoms. The Kier molecular flexibility index (Phi) is 5.44. The fourth-order valence-corrected chi connectivity index (χ4v) is 2.37. The lowest BCUT2D eigenvalue weighted by Crippen LogP contribution is -2.22. The molecular formula is C16H21F2N3. The minimum absolute atomic E-state index is 0.0467. The van der Waals surface area contributed by atoms with Crippen molar-refractivity contribution in [3.63, 3.8) is 0 Å². The van der Waals surface area contributed by atoms with Gasteiger partial charge in [0.1, 0.15) is 0 Å². The molecule has 114 valence electrons. The molecule has 1 aromatic heterocycles. The number of benzene rings is 1. The van der Waals surface area contributed by atoms with Crippen LogP contribution in [0.2, 0.25) is 0 Å². The maximum absolute atomic E-state index is 13.3. The van der Waals surface area contributed by atoms with Crippen LogP contribution in [0.5, 0.6) is 0 Å². The third kappa shape index (κ3) is 4.11. The number of hydrogen-bond donors (Lipinski definition) is 1. The molecule has 1 N–H and O–H groups in total. The topological polar surface area (TPSA) is 29.9 Å². The second-order valence-corrected chi connectivity index (χ2v) is 5.10. The van der Waals surface area contributed by atoms with Gasteiger partial charge >= 0.3 is 0 Å². The van der Waals surface area contributed by atoms with Gasteiger partial charge in [0.15, 0.2) is 11.6 Å². The Morgan fingerprint density at radius 3 is 2.71 bits per heavy atom. The molecule has 5 heteroatoms. The standard InChI is InChI=1S/C16H21F2N3/c1-3-7-21-11-13(10-20-21)16(19-4-2)9-12-5-6-14(17)15(18)8-12/h5-6,8,10-11,16,19H,3-4,7,9H2,1-2H3. The zero-order valence-electron chi connectivity index (χ0n) is 12.4. The van der Waals surface area contributed by atoms with E-state index in [9.17, 15) is 8.78 Å². The molecule has 2 aromatic rings. The molecule has 1 unspecified atom stereocenters. The van der Waals surface area contributed by atoms with E-state index >= 15 is 0 Å². The minimum atomic E-state index is -0.811. The Bertz CT molecular complexity index is 581. The monoisotopic (exact) mass is 293 g/mol. The highest BCUT2D eigenvalue weighted by molar-refractivity contribution is 5.22. The first kappa shape index (κ1) is 15.6. The number of halogens is 2. The smallest absolute Gasteiger partial charge is 0.159 e. The molecule has 1 aromatic carbocycles. The highest BCUT2D eigenvalue weighted by Crippen LogP contribution is 2.19. The zero-order valence-corrected chi connectivity index (χ0v) is 12.4. The highest BCUT2D eigenvalue weighted by Gasteiger charge is 2.14. The molecule has 0 amide bonds. The predicted octanol–water partition coefficient (Wildman–Crippen LogP) is 3.46. The van der Waals surface area contributed by atoms with Gasteiger partial charge in [0.2, 0.25) is 0 Å². The van der Waals surface area contributed by atoms with Crippen molar-refractivity contribution in [3.05, 3.63) is 53.4 Å². The summed E-state index contributed by atoms with van der Waals surface area (Å²) in [5.74, 6) is -1.61. The van der Waals surface area contributed by atoms with E-state index < -0.39 is 11.6 Å². The van der Waals surface area contributed by atoms with Gasteiger partial charge in [0, 0.05) is 24.3 Å². The molecule has 0 aliphatic rings. The normalized spacial score (nSPS) is 12.6. The van der Waals surface area contributed by atoms with Crippen LogP contribution >= 0.6 is 0 Å². The average molecular weight is 293 g/mol. The van der Waals surface area contributed by atoms with Crippen molar-refractivity contribution >= 4 is 0 Å². The van der Waals surface area contributed by atoms with Crippen molar-refractivity contribution in [3.8, 4) is 0 Å². The number of nitrogens with zero attached hydrogens (tertiary/aromatic N) is 2. The number of nitrogens with one attached hydrogen (secondary N) is 1. The molecule has 3 nitrogen and oxygen atoms in total. The van der Waals surface area contributed by atoms with Crippen LogP contribution in [-0.4, -0.2) is 16.3 Å². The van der Waals surface area contributed by atoms with E-state index in [4.69, 9.17) is 0 Å². The van der Waals surface area contributed by atoms with Gasteiger partial charge in [0.05, 0.1) is 6.20 Å². The van der Waals surface area contributed by atoms with E-state index in [0.29, 0.717) is 6.42 Å². The fraction of sp³-hybridized carbons (Fsp3) is 0.438. The van der Waals surface area contributed by atoms with E-state index in [0.717, 1.165) is 30.6 Å². The molecule has 1 heterocycles. The first-order valence-corrected chi connectivity index (χ1v) is 7.33. The number of rotatable bonds is 7. The van der Waals surface area contributed by atoms with Crippen LogP contribution in [-0.2, 0) is 13.0 Å². The maximum atomic E-state index is 13.3. The van der Waals surface area contributed by atoms with Crippen molar-refractivity contribution in [2.24, 2.45) is 0 Å². The molecule has 0 aliphatic heterocycles. The Morgan fingerprint density at radius 2 is 2.05 bits per heavy atom. The van der Waals surface area contributed by atoms with Crippen molar-refractivity contribution in [1.82, 2.24) is 15.1 Å². The number of hydrogen-bond acceptors (Lipinski definition) is 2. The summed E-state index contributed by atoms with van der Waals surface area (Å²) < 4.78 is 28.2. The van der Waals surface area contributed by atoms with Crippen LogP contribution in [0, 0.1) is 11.6 Å². The zero-order chi connectivity index (χ0) is 15.2. The van der Waals surface area contributed by atoms with E-state index in [2.05, 4.69) is 17.3 Å². The summed E-state index contributed by atoms with van der Waals surface area (Å²) >= 11 is 0. The lowest BCUT2D eigenvalue weighted by molar-refractivity contribution is 0.502. The van der Waals surface area contributed by atoms with Gasteiger partial charge in [-0.05, 0) is 37.1 Å². The lowest BCUT2D eigenvalue weighted by atomic mass is 10.0. The van der Waals surface area contributed by atoms with Gasteiger partial charge in [-0.15, -0.1) is 0 Å². The van der Waals surface area contributed by atoms with Crippen LogP contribution in [0.15, 0.2) is 30.6 Å². The van der Waals surface area contributed by atoms with Crippen LogP contribution in [0.1, 0.15) is 37.4 Å². The molecule has 0 spiro atoms. The number of aryl methyl sites for hydroxylation is 1. The van der Waals surface area contributed by atoms with E-state index in [1.807, 2.05) is 24.0 Å². The molecule has 2 rings (SSSR count). The molecule has 1 atom stereocenters. The van der Waals surface area contributed by atoms with Crippen LogP contribution in [0.4, 0.5) is 8.78 Å². The molecule has 0 saturated heterocycles. The van der Waals surface area contributed by atoms with Gasteiger partial charge in [-0.2, -0.15) is 5.10 Å². The van der Waals surface area contributed by atoms with E-state index in [1.54, 1.807) is 6.07 Å². The Balaban J connectivity index is 2.15. The minimum Gasteiger partial charge on any atom is -0.310 e. The van der Waals surface area contributed by atoms with Crippen LogP contribution in [0.25, 0.3) is 0 Å². The van der Waals surface area contributed by atoms with Gasteiger partial charge < -0.3 is 5.32 Å². The quantitative estimate of drug-likeness (QED) is 0.847. The first-order chi connectivity index (χ1) is 10.1. The number of aromatic nitrogens is 2. The second kappa shape index (κ2) is 7.31. The van der Waals surface area contributed by atoms with Gasteiger partial charge in [-0.1, -0.05) is 19.9 Å². The fourth-order valence-electron chi connectivity index (χ4n) is 2.37. The summed E-state index contributed by atoms with van der Waals surface area (Å²) in [4.78, 5) is 0. The summed E-state index contributed by atoms with van der Waals surface area (Å²) in [6.45, 7) is 5.80. The summed E-state index contributed by atoms with van der Waals surface area (Å²) in [5, 5.41) is 7.69. The van der Waals surface area contributed by atoms with Crippen molar-refractivity contribution < 1.29 is 8.78 Å². The summed E-state index contributed by atoms with van der Waals surface area (Å²) in [7, 11) is 0. The molecule has 0 saturated carbocycles. The Morgan fingerprint density at radius 1 is 1.24 bits per heavy atom. The Labute approximate surface area is 124 Å². The molecule has 0 bridgehead atoms.